The van der Waals surface area contributed by atoms with Crippen LogP contribution in [0.15, 0.2) is 41.0 Å². The Kier molecular flexibility index (Phi) is 2.97. The maximum absolute atomic E-state index is 11.8. The number of hydrogen-bond donors (Lipinski definition) is 1. The van der Waals surface area contributed by atoms with Crippen LogP contribution in [-0.4, -0.2) is 5.78 Å². The number of hydrogen-bond acceptors (Lipinski definition) is 3. The van der Waals surface area contributed by atoms with E-state index in [0.29, 0.717) is 22.0 Å². The molecule has 0 bridgehead atoms. The number of Topliss-reactive ketones (excluding diaryl/α,β-unsaturated/α-hetero) is 1. The first kappa shape index (κ1) is 10.8. The molecule has 0 saturated heterocycles. The third-order valence-corrected chi connectivity index (χ3v) is 2.38. The number of ketones is 1. The lowest BCUT2D eigenvalue weighted by molar-refractivity contribution is 0.0987. The van der Waals surface area contributed by atoms with Gasteiger partial charge >= 0.3 is 0 Å². The Morgan fingerprint density at radius 3 is 2.81 bits per heavy atom. The van der Waals surface area contributed by atoms with Crippen LogP contribution in [0, 0.1) is 0 Å². The maximum Gasteiger partial charge on any atom is 0.170 e. The summed E-state index contributed by atoms with van der Waals surface area (Å²) in [6.07, 6.45) is 1.75. The number of carbonyl (C=O) groups excluding carboxylic acids is 1. The summed E-state index contributed by atoms with van der Waals surface area (Å²) < 4.78 is 5.10. The molecule has 0 aliphatic carbocycles. The zero-order valence-corrected chi connectivity index (χ0v) is 9.20. The smallest absolute Gasteiger partial charge is 0.170 e. The van der Waals surface area contributed by atoms with E-state index < -0.39 is 0 Å². The van der Waals surface area contributed by atoms with E-state index in [2.05, 4.69) is 0 Å². The first-order chi connectivity index (χ1) is 7.65. The largest absolute Gasteiger partial charge is 0.469 e. The van der Waals surface area contributed by atoms with Crippen LogP contribution in [0.5, 0.6) is 0 Å². The number of halogens is 1. The Morgan fingerprint density at radius 1 is 1.38 bits per heavy atom. The summed E-state index contributed by atoms with van der Waals surface area (Å²) in [5.41, 5.74) is 6.59. The number of furan rings is 1. The number of benzene rings is 1. The number of nitrogens with two attached hydrogens (primary N) is 1. The van der Waals surface area contributed by atoms with Crippen molar-refractivity contribution in [3.8, 4) is 0 Å². The van der Waals surface area contributed by atoms with Crippen molar-refractivity contribution >= 4 is 23.1 Å². The fourth-order valence-corrected chi connectivity index (χ4v) is 1.69. The Bertz CT molecular complexity index is 485. The molecule has 0 fully saturated rings. The van der Waals surface area contributed by atoms with Crippen LogP contribution in [-0.2, 0) is 6.42 Å². The van der Waals surface area contributed by atoms with Crippen molar-refractivity contribution in [2.24, 2.45) is 0 Å². The zero-order valence-electron chi connectivity index (χ0n) is 8.44. The standard InChI is InChI=1S/C12H10ClNO2/c13-9-4-8(5-10(14)6-9)12(15)7-11-2-1-3-16-11/h1-6H,7,14H2. The van der Waals surface area contributed by atoms with Crippen LogP contribution in [0.1, 0.15) is 16.1 Å². The van der Waals surface area contributed by atoms with Gasteiger partial charge in [0.2, 0.25) is 0 Å². The predicted molar refractivity (Wildman–Crippen MR) is 62.6 cm³/mol. The first-order valence-electron chi connectivity index (χ1n) is 4.77. The van der Waals surface area contributed by atoms with Crippen LogP contribution < -0.4 is 5.73 Å². The van der Waals surface area contributed by atoms with E-state index >= 15 is 0 Å². The molecule has 2 rings (SSSR count). The second kappa shape index (κ2) is 4.41. The average Bonchev–Trinajstić information content (AvgIpc) is 2.68. The Balaban J connectivity index is 2.21. The molecule has 0 amide bonds. The molecule has 2 aromatic rings. The van der Waals surface area contributed by atoms with Crippen LogP contribution >= 0.6 is 11.6 Å². The highest BCUT2D eigenvalue weighted by Crippen LogP contribution is 2.18. The van der Waals surface area contributed by atoms with Crippen molar-refractivity contribution in [1.82, 2.24) is 0 Å². The van der Waals surface area contributed by atoms with E-state index in [1.165, 1.54) is 6.26 Å². The lowest BCUT2D eigenvalue weighted by Gasteiger charge is -2.02. The van der Waals surface area contributed by atoms with Crippen LogP contribution in [0.4, 0.5) is 5.69 Å². The minimum atomic E-state index is -0.0656. The minimum absolute atomic E-state index is 0.0656. The van der Waals surface area contributed by atoms with E-state index in [1.807, 2.05) is 0 Å². The molecule has 1 heterocycles. The third-order valence-electron chi connectivity index (χ3n) is 2.16. The minimum Gasteiger partial charge on any atom is -0.469 e. The van der Waals surface area contributed by atoms with Crippen molar-refractivity contribution in [2.75, 3.05) is 5.73 Å². The highest BCUT2D eigenvalue weighted by Gasteiger charge is 2.10. The summed E-state index contributed by atoms with van der Waals surface area (Å²) in [6.45, 7) is 0. The number of anilines is 1. The van der Waals surface area contributed by atoms with Crippen LogP contribution in [0.25, 0.3) is 0 Å². The number of nitrogen functional groups attached to an aromatic ring is 1. The fourth-order valence-electron chi connectivity index (χ4n) is 1.45. The topological polar surface area (TPSA) is 56.2 Å². The van der Waals surface area contributed by atoms with Crippen molar-refractivity contribution in [3.05, 3.63) is 52.9 Å². The van der Waals surface area contributed by atoms with Crippen LogP contribution in [0.2, 0.25) is 5.02 Å². The zero-order chi connectivity index (χ0) is 11.5. The molecule has 16 heavy (non-hydrogen) atoms. The molecule has 0 unspecified atom stereocenters. The summed E-state index contributed by atoms with van der Waals surface area (Å²) in [5, 5.41) is 0.461. The van der Waals surface area contributed by atoms with Crippen molar-refractivity contribution < 1.29 is 9.21 Å². The average molecular weight is 236 g/mol. The molecule has 3 nitrogen and oxygen atoms in total. The molecule has 0 radical (unpaired) electrons. The number of rotatable bonds is 3. The van der Waals surface area contributed by atoms with E-state index in [0.717, 1.165) is 0 Å². The maximum atomic E-state index is 11.8. The highest BCUT2D eigenvalue weighted by atomic mass is 35.5. The van der Waals surface area contributed by atoms with E-state index in [9.17, 15) is 4.79 Å². The van der Waals surface area contributed by atoms with Gasteiger partial charge in [0, 0.05) is 16.3 Å². The Labute approximate surface area is 97.8 Å². The SMILES string of the molecule is Nc1cc(Cl)cc(C(=O)Cc2ccco2)c1. The molecular weight excluding hydrogens is 226 g/mol. The summed E-state index contributed by atoms with van der Waals surface area (Å²) in [4.78, 5) is 11.8. The molecule has 82 valence electrons. The van der Waals surface area contributed by atoms with Gasteiger partial charge in [-0.2, -0.15) is 0 Å². The van der Waals surface area contributed by atoms with Gasteiger partial charge in [0.05, 0.1) is 12.7 Å². The molecule has 2 N–H and O–H groups in total. The van der Waals surface area contributed by atoms with Gasteiger partial charge in [-0.05, 0) is 30.3 Å². The van der Waals surface area contributed by atoms with Crippen molar-refractivity contribution in [1.29, 1.82) is 0 Å². The normalized spacial score (nSPS) is 10.3. The van der Waals surface area contributed by atoms with Gasteiger partial charge in [-0.15, -0.1) is 0 Å². The monoisotopic (exact) mass is 235 g/mol. The first-order valence-corrected chi connectivity index (χ1v) is 5.14. The fraction of sp³-hybridized carbons (Fsp3) is 0.0833. The Morgan fingerprint density at radius 2 is 2.19 bits per heavy atom. The van der Waals surface area contributed by atoms with Gasteiger partial charge in [-0.1, -0.05) is 11.6 Å². The van der Waals surface area contributed by atoms with Gasteiger partial charge in [0.25, 0.3) is 0 Å². The molecule has 0 aliphatic heterocycles. The lowest BCUT2D eigenvalue weighted by Crippen LogP contribution is -2.03. The van der Waals surface area contributed by atoms with E-state index in [-0.39, 0.29) is 12.2 Å². The Hall–Kier alpha value is -1.74. The predicted octanol–water partition coefficient (Wildman–Crippen LogP) is 2.94. The molecular formula is C12H10ClNO2. The van der Waals surface area contributed by atoms with E-state index in [1.54, 1.807) is 30.3 Å². The second-order valence-corrected chi connectivity index (χ2v) is 3.89. The summed E-state index contributed by atoms with van der Waals surface area (Å²) in [6, 6.07) is 8.31. The molecule has 0 aliphatic rings. The van der Waals surface area contributed by atoms with Gasteiger partial charge in [0.1, 0.15) is 5.76 Å². The summed E-state index contributed by atoms with van der Waals surface area (Å²) in [7, 11) is 0. The highest BCUT2D eigenvalue weighted by molar-refractivity contribution is 6.31. The summed E-state index contributed by atoms with van der Waals surface area (Å²) in [5.74, 6) is 0.563. The third kappa shape index (κ3) is 2.44. The van der Waals surface area contributed by atoms with Gasteiger partial charge < -0.3 is 10.2 Å². The van der Waals surface area contributed by atoms with Crippen LogP contribution in [0.3, 0.4) is 0 Å². The van der Waals surface area contributed by atoms with Gasteiger partial charge in [0.15, 0.2) is 5.78 Å². The second-order valence-electron chi connectivity index (χ2n) is 3.45. The molecule has 0 spiro atoms. The van der Waals surface area contributed by atoms with Gasteiger partial charge in [-0.25, -0.2) is 0 Å². The quantitative estimate of drug-likeness (QED) is 0.657. The van der Waals surface area contributed by atoms with Gasteiger partial charge in [-0.3, -0.25) is 4.79 Å². The number of carbonyl (C=O) groups is 1. The lowest BCUT2D eigenvalue weighted by atomic mass is 10.1. The molecule has 1 aromatic heterocycles. The van der Waals surface area contributed by atoms with Crippen molar-refractivity contribution in [3.63, 3.8) is 0 Å². The molecule has 1 aromatic carbocycles. The van der Waals surface area contributed by atoms with E-state index in [4.69, 9.17) is 21.8 Å². The molecule has 0 saturated carbocycles. The molecule has 0 atom stereocenters. The van der Waals surface area contributed by atoms with Crippen molar-refractivity contribution in [2.45, 2.75) is 6.42 Å². The summed E-state index contributed by atoms with van der Waals surface area (Å²) >= 11 is 5.82. The molecule has 4 heteroatoms.